The van der Waals surface area contributed by atoms with Crippen molar-refractivity contribution in [2.45, 2.75) is 13.3 Å². The number of ether oxygens (including phenoxy) is 1. The van der Waals surface area contributed by atoms with Gasteiger partial charge in [0, 0.05) is 12.8 Å². The number of halogens is 1. The van der Waals surface area contributed by atoms with Gasteiger partial charge in [0.25, 0.3) is 0 Å². The van der Waals surface area contributed by atoms with E-state index in [0.29, 0.717) is 6.61 Å². The van der Waals surface area contributed by atoms with E-state index >= 15 is 0 Å². The first kappa shape index (κ1) is 10.8. The van der Waals surface area contributed by atoms with Crippen LogP contribution in [0.2, 0.25) is 0 Å². The molecule has 4 heteroatoms. The Bertz CT molecular complexity index is 315. The summed E-state index contributed by atoms with van der Waals surface area (Å²) in [6.45, 7) is 2.33. The third kappa shape index (κ3) is 2.88. The summed E-state index contributed by atoms with van der Waals surface area (Å²) in [5, 5.41) is 0. The summed E-state index contributed by atoms with van der Waals surface area (Å²) in [5.74, 6) is -1.02. The minimum atomic E-state index is -0.599. The quantitative estimate of drug-likeness (QED) is 0.534. The average Bonchev–Trinajstić information content (AvgIpc) is 2.18. The maximum Gasteiger partial charge on any atom is 0.209 e. The molecule has 0 amide bonds. The molecule has 0 N–H and O–H groups in total. The molecule has 0 aliphatic carbocycles. The van der Waals surface area contributed by atoms with Crippen molar-refractivity contribution in [3.8, 4) is 0 Å². The van der Waals surface area contributed by atoms with E-state index < -0.39 is 11.6 Å². The normalized spacial score (nSPS) is 10.1. The van der Waals surface area contributed by atoms with Gasteiger partial charge in [-0.1, -0.05) is 6.92 Å². The molecule has 0 unspecified atom stereocenters. The summed E-state index contributed by atoms with van der Waals surface area (Å²) in [6.07, 6.45) is 2.22. The summed E-state index contributed by atoms with van der Waals surface area (Å²) in [4.78, 5) is 15.0. The molecule has 76 valence electrons. The van der Waals surface area contributed by atoms with Crippen LogP contribution in [0, 0.1) is 5.82 Å². The highest BCUT2D eigenvalue weighted by molar-refractivity contribution is 5.95. The molecule has 1 rings (SSSR count). The van der Waals surface area contributed by atoms with E-state index in [4.69, 9.17) is 4.74 Å². The Balaban J connectivity index is 2.56. The Morgan fingerprint density at radius 2 is 2.43 bits per heavy atom. The van der Waals surface area contributed by atoms with E-state index in [0.717, 1.165) is 6.42 Å². The predicted octanol–water partition coefficient (Wildman–Crippen LogP) is 1.83. The lowest BCUT2D eigenvalue weighted by atomic mass is 10.2. The van der Waals surface area contributed by atoms with E-state index in [1.54, 1.807) is 0 Å². The molecular formula is C10H12FNO2. The number of Topliss-reactive ketones (excluding diaryl/α,β-unsaturated/α-hetero) is 1. The minimum absolute atomic E-state index is 0.109. The summed E-state index contributed by atoms with van der Waals surface area (Å²) in [7, 11) is 0. The van der Waals surface area contributed by atoms with Crippen molar-refractivity contribution in [2.24, 2.45) is 0 Å². The van der Waals surface area contributed by atoms with Gasteiger partial charge in [0.1, 0.15) is 12.3 Å². The number of hydrogen-bond donors (Lipinski definition) is 0. The first-order valence-electron chi connectivity index (χ1n) is 4.47. The molecule has 1 aromatic rings. The lowest BCUT2D eigenvalue weighted by Crippen LogP contribution is -2.13. The van der Waals surface area contributed by atoms with E-state index in [2.05, 4.69) is 4.98 Å². The van der Waals surface area contributed by atoms with Gasteiger partial charge >= 0.3 is 0 Å². The smallest absolute Gasteiger partial charge is 0.209 e. The van der Waals surface area contributed by atoms with Gasteiger partial charge in [-0.05, 0) is 18.6 Å². The molecule has 0 saturated heterocycles. The standard InChI is InChI=1S/C10H12FNO2/c1-2-6-14-7-9(13)10-8(11)4-3-5-12-10/h3-5H,2,6-7H2,1H3. The van der Waals surface area contributed by atoms with Crippen molar-refractivity contribution in [1.82, 2.24) is 4.98 Å². The third-order valence-electron chi connectivity index (χ3n) is 1.60. The van der Waals surface area contributed by atoms with Crippen LogP contribution in [0.3, 0.4) is 0 Å². The molecule has 0 aromatic carbocycles. The lowest BCUT2D eigenvalue weighted by molar-refractivity contribution is 0.0752. The van der Waals surface area contributed by atoms with Gasteiger partial charge in [-0.3, -0.25) is 4.79 Å². The highest BCUT2D eigenvalue weighted by Crippen LogP contribution is 2.03. The topological polar surface area (TPSA) is 39.2 Å². The first-order chi connectivity index (χ1) is 6.75. The molecule has 14 heavy (non-hydrogen) atoms. The largest absolute Gasteiger partial charge is 0.373 e. The molecule has 0 aliphatic heterocycles. The maximum atomic E-state index is 13.0. The fourth-order valence-corrected chi connectivity index (χ4v) is 0.968. The van der Waals surface area contributed by atoms with Gasteiger partial charge in [0.2, 0.25) is 5.78 Å². The van der Waals surface area contributed by atoms with Gasteiger partial charge in [-0.2, -0.15) is 0 Å². The zero-order valence-corrected chi connectivity index (χ0v) is 8.00. The predicted molar refractivity (Wildman–Crippen MR) is 49.6 cm³/mol. The highest BCUT2D eigenvalue weighted by Gasteiger charge is 2.12. The number of hydrogen-bond acceptors (Lipinski definition) is 3. The van der Waals surface area contributed by atoms with Gasteiger partial charge < -0.3 is 4.74 Å². The van der Waals surface area contributed by atoms with Crippen molar-refractivity contribution in [1.29, 1.82) is 0 Å². The molecule has 1 aromatic heterocycles. The molecule has 0 radical (unpaired) electrons. The molecule has 0 atom stereocenters. The number of carbonyl (C=O) groups is 1. The van der Waals surface area contributed by atoms with E-state index in [1.165, 1.54) is 18.3 Å². The van der Waals surface area contributed by atoms with E-state index in [1.807, 2.05) is 6.92 Å². The summed E-state index contributed by atoms with van der Waals surface area (Å²) >= 11 is 0. The Labute approximate surface area is 81.9 Å². The highest BCUT2D eigenvalue weighted by atomic mass is 19.1. The first-order valence-corrected chi connectivity index (χ1v) is 4.47. The molecule has 0 bridgehead atoms. The van der Waals surface area contributed by atoms with Crippen molar-refractivity contribution < 1.29 is 13.9 Å². The number of carbonyl (C=O) groups excluding carboxylic acids is 1. The van der Waals surface area contributed by atoms with Crippen LogP contribution in [0.5, 0.6) is 0 Å². The minimum Gasteiger partial charge on any atom is -0.373 e. The molecule has 0 fully saturated rings. The van der Waals surface area contributed by atoms with Gasteiger partial charge in [-0.15, -0.1) is 0 Å². The van der Waals surface area contributed by atoms with E-state index in [-0.39, 0.29) is 12.3 Å². The number of pyridine rings is 1. The number of aromatic nitrogens is 1. The Morgan fingerprint density at radius 3 is 3.07 bits per heavy atom. The number of nitrogens with zero attached hydrogens (tertiary/aromatic N) is 1. The van der Waals surface area contributed by atoms with Crippen LogP contribution in [0.1, 0.15) is 23.8 Å². The Hall–Kier alpha value is -1.29. The third-order valence-corrected chi connectivity index (χ3v) is 1.60. The SMILES string of the molecule is CCCOCC(=O)c1ncccc1F. The van der Waals surface area contributed by atoms with Crippen LogP contribution in [0.15, 0.2) is 18.3 Å². The maximum absolute atomic E-state index is 13.0. The summed E-state index contributed by atoms with van der Waals surface area (Å²) in [5.41, 5.74) is -0.149. The van der Waals surface area contributed by atoms with Crippen LogP contribution in [0.4, 0.5) is 4.39 Å². The van der Waals surface area contributed by atoms with Crippen LogP contribution in [-0.2, 0) is 4.74 Å². The van der Waals surface area contributed by atoms with Crippen molar-refractivity contribution in [3.63, 3.8) is 0 Å². The van der Waals surface area contributed by atoms with Crippen LogP contribution < -0.4 is 0 Å². The number of ketones is 1. The zero-order chi connectivity index (χ0) is 10.4. The molecule has 0 spiro atoms. The number of rotatable bonds is 5. The summed E-state index contributed by atoms with van der Waals surface area (Å²) in [6, 6.07) is 2.65. The Morgan fingerprint density at radius 1 is 1.64 bits per heavy atom. The van der Waals surface area contributed by atoms with Crippen LogP contribution in [-0.4, -0.2) is 24.0 Å². The van der Waals surface area contributed by atoms with Crippen LogP contribution >= 0.6 is 0 Å². The zero-order valence-electron chi connectivity index (χ0n) is 8.00. The van der Waals surface area contributed by atoms with Gasteiger partial charge in [0.15, 0.2) is 5.82 Å². The second kappa shape index (κ2) is 5.44. The second-order valence-corrected chi connectivity index (χ2v) is 2.81. The monoisotopic (exact) mass is 197 g/mol. The van der Waals surface area contributed by atoms with Gasteiger partial charge in [-0.25, -0.2) is 9.37 Å². The molecule has 0 saturated carbocycles. The van der Waals surface area contributed by atoms with Crippen molar-refractivity contribution >= 4 is 5.78 Å². The van der Waals surface area contributed by atoms with Crippen molar-refractivity contribution in [3.05, 3.63) is 29.8 Å². The molecule has 3 nitrogen and oxygen atoms in total. The lowest BCUT2D eigenvalue weighted by Gasteiger charge is -2.01. The average molecular weight is 197 g/mol. The molecular weight excluding hydrogens is 185 g/mol. The fourth-order valence-electron chi connectivity index (χ4n) is 0.968. The molecule has 0 aliphatic rings. The van der Waals surface area contributed by atoms with E-state index in [9.17, 15) is 9.18 Å². The Kier molecular flexibility index (Phi) is 4.19. The van der Waals surface area contributed by atoms with Gasteiger partial charge in [0.05, 0.1) is 0 Å². The fraction of sp³-hybridized carbons (Fsp3) is 0.400. The van der Waals surface area contributed by atoms with Crippen LogP contribution in [0.25, 0.3) is 0 Å². The molecule has 1 heterocycles. The van der Waals surface area contributed by atoms with Crippen molar-refractivity contribution in [2.75, 3.05) is 13.2 Å². The second-order valence-electron chi connectivity index (χ2n) is 2.81. The summed E-state index contributed by atoms with van der Waals surface area (Å²) < 4.78 is 18.0.